The number of amides is 2. The fraction of sp³-hybridized carbons (Fsp3) is 0.192. The molecular weight excluding hydrogens is 432 g/mol. The van der Waals surface area contributed by atoms with Gasteiger partial charge in [0.1, 0.15) is 0 Å². The number of rotatable bonds is 3. The van der Waals surface area contributed by atoms with E-state index in [4.69, 9.17) is 0 Å². The summed E-state index contributed by atoms with van der Waals surface area (Å²) in [4.78, 5) is 35.0. The second-order valence-electron chi connectivity index (χ2n) is 8.86. The molecule has 1 aromatic heterocycles. The lowest BCUT2D eigenvalue weighted by molar-refractivity contribution is -0.0680. The molecule has 2 aliphatic rings. The van der Waals surface area contributed by atoms with E-state index in [9.17, 15) is 19.8 Å². The SMILES string of the molecule is CN(C(=O)O)c1nc2cc(C3(O)c4ccccc4C(=O)N3C3Cc4ccccc4C3)ccc2[nH]1. The number of hydrogen-bond donors (Lipinski definition) is 3. The Morgan fingerprint density at radius 1 is 1.09 bits per heavy atom. The van der Waals surface area contributed by atoms with Crippen LogP contribution in [-0.4, -0.2) is 50.2 Å². The number of aromatic nitrogens is 2. The number of anilines is 1. The highest BCUT2D eigenvalue weighted by Crippen LogP contribution is 2.46. The number of nitrogens with one attached hydrogen (secondary N) is 1. The standard InChI is InChI=1S/C26H22N4O4/c1-29(25(32)33)24-27-21-11-10-17(14-22(21)28-24)26(34)20-9-5-4-8-19(20)23(31)30(26)18-12-15-6-2-3-7-16(15)13-18/h2-11,14,18,34H,12-13H2,1H3,(H,27,28)(H,32,33). The van der Waals surface area contributed by atoms with Gasteiger partial charge >= 0.3 is 6.09 Å². The number of nitrogens with zero attached hydrogens (tertiary/aromatic N) is 3. The molecule has 2 amide bonds. The maximum Gasteiger partial charge on any atom is 0.413 e. The van der Waals surface area contributed by atoms with Crippen molar-refractivity contribution in [2.45, 2.75) is 24.6 Å². The zero-order chi connectivity index (χ0) is 23.6. The van der Waals surface area contributed by atoms with Crippen molar-refractivity contribution >= 4 is 29.0 Å². The summed E-state index contributed by atoms with van der Waals surface area (Å²) in [5, 5.41) is 21.6. The molecule has 34 heavy (non-hydrogen) atoms. The molecule has 0 spiro atoms. The Balaban J connectivity index is 1.49. The molecule has 0 fully saturated rings. The van der Waals surface area contributed by atoms with Gasteiger partial charge < -0.3 is 15.2 Å². The van der Waals surface area contributed by atoms with Crippen LogP contribution in [0.2, 0.25) is 0 Å². The van der Waals surface area contributed by atoms with Crippen molar-refractivity contribution in [2.24, 2.45) is 0 Å². The fourth-order valence-corrected chi connectivity index (χ4v) is 5.28. The van der Waals surface area contributed by atoms with E-state index in [0.29, 0.717) is 40.6 Å². The van der Waals surface area contributed by atoms with Crippen LogP contribution in [0.25, 0.3) is 11.0 Å². The Morgan fingerprint density at radius 3 is 2.47 bits per heavy atom. The molecule has 170 valence electrons. The summed E-state index contributed by atoms with van der Waals surface area (Å²) in [6.45, 7) is 0. The van der Waals surface area contributed by atoms with Gasteiger partial charge in [0, 0.05) is 29.8 Å². The average molecular weight is 454 g/mol. The molecule has 3 N–H and O–H groups in total. The maximum absolute atomic E-state index is 13.6. The summed E-state index contributed by atoms with van der Waals surface area (Å²) in [6, 6.07) is 20.3. The third-order valence-corrected chi connectivity index (χ3v) is 6.97. The predicted molar refractivity (Wildman–Crippen MR) is 126 cm³/mol. The smallest absolute Gasteiger partial charge is 0.413 e. The number of carbonyl (C=O) groups is 2. The van der Waals surface area contributed by atoms with Crippen molar-refractivity contribution < 1.29 is 19.8 Å². The van der Waals surface area contributed by atoms with Crippen molar-refractivity contribution in [1.29, 1.82) is 0 Å². The van der Waals surface area contributed by atoms with Crippen LogP contribution in [0, 0.1) is 0 Å². The zero-order valence-electron chi connectivity index (χ0n) is 18.4. The number of carbonyl (C=O) groups excluding carboxylic acids is 1. The van der Waals surface area contributed by atoms with Crippen molar-refractivity contribution in [3.8, 4) is 0 Å². The number of carboxylic acid groups (broad SMARTS) is 1. The van der Waals surface area contributed by atoms with Gasteiger partial charge in [0.2, 0.25) is 5.95 Å². The summed E-state index contributed by atoms with van der Waals surface area (Å²) in [6.07, 6.45) is 0.188. The Labute approximate surface area is 195 Å². The topological polar surface area (TPSA) is 110 Å². The molecule has 1 aliphatic heterocycles. The summed E-state index contributed by atoms with van der Waals surface area (Å²) in [7, 11) is 1.40. The van der Waals surface area contributed by atoms with E-state index in [0.717, 1.165) is 4.90 Å². The van der Waals surface area contributed by atoms with Gasteiger partial charge in [-0.2, -0.15) is 0 Å². The summed E-state index contributed by atoms with van der Waals surface area (Å²) in [5.74, 6) is -0.0260. The lowest BCUT2D eigenvalue weighted by Gasteiger charge is -2.39. The highest BCUT2D eigenvalue weighted by Gasteiger charge is 2.53. The number of imidazole rings is 1. The van der Waals surface area contributed by atoms with Crippen molar-refractivity contribution in [2.75, 3.05) is 11.9 Å². The highest BCUT2D eigenvalue weighted by molar-refractivity contribution is 6.01. The van der Waals surface area contributed by atoms with E-state index in [1.165, 1.54) is 18.2 Å². The molecule has 0 bridgehead atoms. The van der Waals surface area contributed by atoms with Gasteiger partial charge in [-0.1, -0.05) is 48.5 Å². The predicted octanol–water partition coefficient (Wildman–Crippen LogP) is 3.49. The molecule has 8 heteroatoms. The first-order chi connectivity index (χ1) is 16.4. The van der Waals surface area contributed by atoms with E-state index in [1.807, 2.05) is 18.2 Å². The second kappa shape index (κ2) is 7.16. The molecule has 0 saturated heterocycles. The minimum atomic E-state index is -1.67. The number of H-pyrrole nitrogens is 1. The van der Waals surface area contributed by atoms with E-state index in [1.54, 1.807) is 41.3 Å². The van der Waals surface area contributed by atoms with Crippen LogP contribution in [0.15, 0.2) is 66.7 Å². The van der Waals surface area contributed by atoms with Gasteiger partial charge in [0.25, 0.3) is 5.91 Å². The molecule has 2 heterocycles. The van der Waals surface area contributed by atoms with Crippen LogP contribution in [0.5, 0.6) is 0 Å². The van der Waals surface area contributed by atoms with Gasteiger partial charge in [0.05, 0.1) is 11.0 Å². The van der Waals surface area contributed by atoms with Crippen LogP contribution in [-0.2, 0) is 18.6 Å². The molecule has 0 saturated carbocycles. The summed E-state index contributed by atoms with van der Waals surface area (Å²) in [5.41, 5.74) is 3.35. The molecule has 0 radical (unpaired) electrons. The number of hydrogen-bond acceptors (Lipinski definition) is 4. The van der Waals surface area contributed by atoms with Crippen LogP contribution in [0.3, 0.4) is 0 Å². The lowest BCUT2D eigenvalue weighted by atomic mass is 9.92. The Morgan fingerprint density at radius 2 is 1.76 bits per heavy atom. The third kappa shape index (κ3) is 2.78. The molecule has 1 aliphatic carbocycles. The van der Waals surface area contributed by atoms with Gasteiger partial charge in [-0.25, -0.2) is 9.78 Å². The molecule has 8 nitrogen and oxygen atoms in total. The number of aromatic amines is 1. The Bertz CT molecular complexity index is 1450. The van der Waals surface area contributed by atoms with Gasteiger partial charge in [-0.3, -0.25) is 14.6 Å². The van der Waals surface area contributed by atoms with Crippen LogP contribution >= 0.6 is 0 Å². The normalized spacial score (nSPS) is 19.5. The fourth-order valence-electron chi connectivity index (χ4n) is 5.28. The molecular formula is C26H22N4O4. The largest absolute Gasteiger partial charge is 0.465 e. The van der Waals surface area contributed by atoms with Gasteiger partial charge in [-0.15, -0.1) is 0 Å². The van der Waals surface area contributed by atoms with Crippen LogP contribution in [0.4, 0.5) is 10.7 Å². The minimum Gasteiger partial charge on any atom is -0.465 e. The Hall–Kier alpha value is -4.17. The molecule has 1 unspecified atom stereocenters. The van der Waals surface area contributed by atoms with Crippen molar-refractivity contribution in [3.05, 3.63) is 94.5 Å². The first-order valence-corrected chi connectivity index (χ1v) is 11.1. The first kappa shape index (κ1) is 20.4. The number of fused-ring (bicyclic) bond motifs is 3. The summed E-state index contributed by atoms with van der Waals surface area (Å²) >= 11 is 0. The molecule has 3 aromatic carbocycles. The van der Waals surface area contributed by atoms with E-state index in [2.05, 4.69) is 22.1 Å². The summed E-state index contributed by atoms with van der Waals surface area (Å²) < 4.78 is 0. The maximum atomic E-state index is 13.6. The van der Waals surface area contributed by atoms with E-state index >= 15 is 0 Å². The molecule has 6 rings (SSSR count). The van der Waals surface area contributed by atoms with Crippen molar-refractivity contribution in [1.82, 2.24) is 14.9 Å². The lowest BCUT2D eigenvalue weighted by Crippen LogP contribution is -2.51. The number of benzene rings is 3. The quantitative estimate of drug-likeness (QED) is 0.439. The van der Waals surface area contributed by atoms with Crippen molar-refractivity contribution in [3.63, 3.8) is 0 Å². The van der Waals surface area contributed by atoms with E-state index in [-0.39, 0.29) is 17.9 Å². The zero-order valence-corrected chi connectivity index (χ0v) is 18.4. The van der Waals surface area contributed by atoms with Crippen LogP contribution < -0.4 is 4.90 Å². The Kier molecular flexibility index (Phi) is 4.31. The first-order valence-electron chi connectivity index (χ1n) is 11.1. The number of aliphatic hydroxyl groups is 1. The molecule has 1 atom stereocenters. The monoisotopic (exact) mass is 454 g/mol. The average Bonchev–Trinajstić information content (AvgIpc) is 3.51. The third-order valence-electron chi connectivity index (χ3n) is 6.97. The van der Waals surface area contributed by atoms with Gasteiger partial charge in [-0.05, 0) is 42.2 Å². The van der Waals surface area contributed by atoms with E-state index < -0.39 is 11.8 Å². The van der Waals surface area contributed by atoms with Gasteiger partial charge in [0.15, 0.2) is 5.72 Å². The second-order valence-corrected chi connectivity index (χ2v) is 8.86. The molecule has 4 aromatic rings. The minimum absolute atomic E-state index is 0.178. The highest BCUT2D eigenvalue weighted by atomic mass is 16.4. The van der Waals surface area contributed by atoms with Crippen LogP contribution in [0.1, 0.15) is 32.6 Å².